The first-order chi connectivity index (χ1) is 16.6. The predicted molar refractivity (Wildman–Crippen MR) is 136 cm³/mol. The molecule has 7 nitrogen and oxygen atoms in total. The summed E-state index contributed by atoms with van der Waals surface area (Å²) in [5.74, 6) is -0.0614. The number of nitrogens with zero attached hydrogens (tertiary/aromatic N) is 4. The number of piperazine rings is 1. The van der Waals surface area contributed by atoms with Crippen LogP contribution < -0.4 is 5.32 Å². The van der Waals surface area contributed by atoms with Gasteiger partial charge in [-0.15, -0.1) is 0 Å². The highest BCUT2D eigenvalue weighted by molar-refractivity contribution is 7.81. The van der Waals surface area contributed by atoms with Gasteiger partial charge in [-0.25, -0.2) is 13.5 Å². The quantitative estimate of drug-likeness (QED) is 0.484. The van der Waals surface area contributed by atoms with Crippen LogP contribution in [0.15, 0.2) is 73.2 Å². The summed E-state index contributed by atoms with van der Waals surface area (Å²) in [6, 6.07) is 20.2. The predicted octanol–water partition coefficient (Wildman–Crippen LogP) is 2.11. The lowest BCUT2D eigenvalue weighted by Gasteiger charge is -2.39. The maximum absolute atomic E-state index is 13.1. The first kappa shape index (κ1) is 24.3. The van der Waals surface area contributed by atoms with Gasteiger partial charge in [0, 0.05) is 63.8 Å². The van der Waals surface area contributed by atoms with Crippen molar-refractivity contribution in [3.63, 3.8) is 0 Å². The Kier molecular flexibility index (Phi) is 8.62. The molecule has 1 saturated heterocycles. The second kappa shape index (κ2) is 12.1. The number of hydrogen-bond acceptors (Lipinski definition) is 4. The molecule has 1 amide bonds. The highest BCUT2D eigenvalue weighted by Crippen LogP contribution is 2.14. The minimum atomic E-state index is -1.19. The third-order valence-electron chi connectivity index (χ3n) is 6.28. The van der Waals surface area contributed by atoms with E-state index in [9.17, 15) is 9.00 Å². The molecular weight excluding hydrogens is 446 g/mol. The van der Waals surface area contributed by atoms with Crippen LogP contribution in [0.25, 0.3) is 0 Å². The first-order valence-electron chi connectivity index (χ1n) is 11.8. The second-order valence-corrected chi connectivity index (χ2v) is 9.97. The zero-order chi connectivity index (χ0) is 23.8. The standard InChI is InChI=1S/C26H33N5O2S/c1-34(33)31-17-16-29(15-13-22-8-4-2-5-9-22)20-25(31)26(32)28-14-12-24-18-27-21-30(24)19-23-10-6-3-7-11-23/h2-11,18,21,25H,12-17,19-20H2,1H3,(H,28,32). The molecule has 180 valence electrons. The van der Waals surface area contributed by atoms with Crippen molar-refractivity contribution < 1.29 is 9.00 Å². The number of imidazole rings is 1. The van der Waals surface area contributed by atoms with Gasteiger partial charge in [-0.05, 0) is 17.5 Å². The molecule has 0 spiro atoms. The fraction of sp³-hybridized carbons (Fsp3) is 0.385. The zero-order valence-electron chi connectivity index (χ0n) is 19.7. The topological polar surface area (TPSA) is 70.5 Å². The number of aromatic nitrogens is 2. The maximum atomic E-state index is 13.1. The lowest BCUT2D eigenvalue weighted by atomic mass is 10.1. The molecule has 3 aromatic rings. The zero-order valence-corrected chi connectivity index (χ0v) is 20.5. The van der Waals surface area contributed by atoms with E-state index in [0.29, 0.717) is 26.1 Å². The van der Waals surface area contributed by atoms with Crippen molar-refractivity contribution in [2.24, 2.45) is 0 Å². The lowest BCUT2D eigenvalue weighted by Crippen LogP contribution is -2.59. The summed E-state index contributed by atoms with van der Waals surface area (Å²) in [6.07, 6.45) is 6.97. The molecular formula is C26H33N5O2S. The molecule has 34 heavy (non-hydrogen) atoms. The van der Waals surface area contributed by atoms with Crippen LogP contribution in [0.1, 0.15) is 16.8 Å². The summed E-state index contributed by atoms with van der Waals surface area (Å²) >= 11 is 0. The molecule has 1 fully saturated rings. The van der Waals surface area contributed by atoms with E-state index in [1.165, 1.54) is 11.1 Å². The van der Waals surface area contributed by atoms with Crippen molar-refractivity contribution in [3.8, 4) is 0 Å². The Labute approximate surface area is 204 Å². The highest BCUT2D eigenvalue weighted by atomic mass is 32.2. The molecule has 2 heterocycles. The van der Waals surface area contributed by atoms with Crippen LogP contribution in [-0.4, -0.2) is 73.9 Å². The highest BCUT2D eigenvalue weighted by Gasteiger charge is 2.34. The van der Waals surface area contributed by atoms with E-state index in [-0.39, 0.29) is 5.91 Å². The smallest absolute Gasteiger partial charge is 0.239 e. The number of benzene rings is 2. The molecule has 0 bridgehead atoms. The number of carbonyl (C=O) groups excluding carboxylic acids is 1. The summed E-state index contributed by atoms with van der Waals surface area (Å²) in [6.45, 7) is 4.19. The normalized spacial score (nSPS) is 18.0. The van der Waals surface area contributed by atoms with Gasteiger partial charge in [0.1, 0.15) is 6.04 Å². The number of nitrogens with one attached hydrogen (secondary N) is 1. The van der Waals surface area contributed by atoms with Crippen LogP contribution in [-0.2, 0) is 35.2 Å². The van der Waals surface area contributed by atoms with E-state index in [1.54, 1.807) is 6.26 Å². The van der Waals surface area contributed by atoms with Crippen molar-refractivity contribution in [2.75, 3.05) is 39.0 Å². The molecule has 0 radical (unpaired) electrons. The van der Waals surface area contributed by atoms with Crippen LogP contribution >= 0.6 is 0 Å². The van der Waals surface area contributed by atoms with Crippen molar-refractivity contribution in [2.45, 2.75) is 25.4 Å². The number of amides is 1. The Morgan fingerprint density at radius 2 is 1.74 bits per heavy atom. The average molecular weight is 480 g/mol. The van der Waals surface area contributed by atoms with E-state index < -0.39 is 17.0 Å². The molecule has 8 heteroatoms. The van der Waals surface area contributed by atoms with Crippen LogP contribution in [0.3, 0.4) is 0 Å². The molecule has 1 aromatic heterocycles. The maximum Gasteiger partial charge on any atom is 0.239 e. The van der Waals surface area contributed by atoms with Crippen molar-refractivity contribution in [3.05, 3.63) is 90.0 Å². The lowest BCUT2D eigenvalue weighted by molar-refractivity contribution is -0.126. The summed E-state index contributed by atoms with van der Waals surface area (Å²) in [5.41, 5.74) is 3.58. The summed E-state index contributed by atoms with van der Waals surface area (Å²) in [4.78, 5) is 19.7. The van der Waals surface area contributed by atoms with Gasteiger partial charge in [-0.2, -0.15) is 0 Å². The van der Waals surface area contributed by atoms with Crippen molar-refractivity contribution in [1.29, 1.82) is 0 Å². The van der Waals surface area contributed by atoms with Crippen LogP contribution in [0.4, 0.5) is 0 Å². The molecule has 1 N–H and O–H groups in total. The van der Waals surface area contributed by atoms with Gasteiger partial charge in [0.15, 0.2) is 0 Å². The van der Waals surface area contributed by atoms with Gasteiger partial charge in [0.25, 0.3) is 0 Å². The van der Waals surface area contributed by atoms with Gasteiger partial charge in [-0.1, -0.05) is 60.7 Å². The third kappa shape index (κ3) is 6.62. The summed E-state index contributed by atoms with van der Waals surface area (Å²) in [5, 5.41) is 3.08. The van der Waals surface area contributed by atoms with Gasteiger partial charge in [-0.3, -0.25) is 9.69 Å². The van der Waals surface area contributed by atoms with E-state index in [2.05, 4.69) is 56.2 Å². The van der Waals surface area contributed by atoms with Gasteiger partial charge in [0.05, 0.1) is 17.3 Å². The molecule has 1 aliphatic rings. The largest absolute Gasteiger partial charge is 0.354 e. The number of hydrogen-bond donors (Lipinski definition) is 1. The van der Waals surface area contributed by atoms with E-state index >= 15 is 0 Å². The average Bonchev–Trinajstić information content (AvgIpc) is 3.30. The van der Waals surface area contributed by atoms with Crippen molar-refractivity contribution in [1.82, 2.24) is 24.1 Å². The number of rotatable bonds is 10. The fourth-order valence-electron chi connectivity index (χ4n) is 4.39. The van der Waals surface area contributed by atoms with Crippen molar-refractivity contribution >= 4 is 16.9 Å². The number of carbonyl (C=O) groups is 1. The van der Waals surface area contributed by atoms with Crippen LogP contribution in [0.2, 0.25) is 0 Å². The molecule has 2 aromatic carbocycles. The van der Waals surface area contributed by atoms with Gasteiger partial charge >= 0.3 is 0 Å². The molecule has 2 atom stereocenters. The second-order valence-electron chi connectivity index (χ2n) is 8.66. The molecule has 2 unspecified atom stereocenters. The molecule has 4 rings (SSSR count). The minimum absolute atomic E-state index is 0.0614. The Morgan fingerprint density at radius 1 is 1.03 bits per heavy atom. The first-order valence-corrected chi connectivity index (χ1v) is 13.3. The van der Waals surface area contributed by atoms with Crippen LogP contribution in [0, 0.1) is 0 Å². The van der Waals surface area contributed by atoms with E-state index in [0.717, 1.165) is 31.7 Å². The Hall–Kier alpha value is -2.81. The Bertz CT molecular complexity index is 1070. The summed E-state index contributed by atoms with van der Waals surface area (Å²) < 4.78 is 16.2. The SMILES string of the molecule is CS(=O)N1CCN(CCc2ccccc2)CC1C(=O)NCCc1cncn1Cc1ccccc1. The molecule has 0 aliphatic carbocycles. The van der Waals surface area contributed by atoms with Gasteiger partial charge in [0.2, 0.25) is 5.91 Å². The Balaban J connectivity index is 1.30. The molecule has 1 aliphatic heterocycles. The molecule has 0 saturated carbocycles. The van der Waals surface area contributed by atoms with E-state index in [1.807, 2.05) is 41.1 Å². The Morgan fingerprint density at radius 3 is 2.44 bits per heavy atom. The minimum Gasteiger partial charge on any atom is -0.354 e. The van der Waals surface area contributed by atoms with Crippen LogP contribution in [0.5, 0.6) is 0 Å². The summed E-state index contributed by atoms with van der Waals surface area (Å²) in [7, 11) is -1.19. The van der Waals surface area contributed by atoms with E-state index in [4.69, 9.17) is 0 Å². The monoisotopic (exact) mass is 479 g/mol. The third-order valence-corrected chi connectivity index (χ3v) is 7.38. The van der Waals surface area contributed by atoms with Gasteiger partial charge < -0.3 is 9.88 Å². The fourth-order valence-corrected chi connectivity index (χ4v) is 5.25.